The molecule has 0 radical (unpaired) electrons. The van der Waals surface area contributed by atoms with Crippen molar-refractivity contribution < 1.29 is 9.18 Å². The minimum Gasteiger partial charge on any atom is -0.298 e. The maximum absolute atomic E-state index is 13.0. The van der Waals surface area contributed by atoms with E-state index in [1.165, 1.54) is 29.2 Å². The average molecular weight is 205 g/mol. The molecule has 0 atom stereocenters. The van der Waals surface area contributed by atoms with E-state index < -0.39 is 5.82 Å². The van der Waals surface area contributed by atoms with Crippen molar-refractivity contribution in [2.45, 2.75) is 0 Å². The van der Waals surface area contributed by atoms with Crippen LogP contribution < -0.4 is 0 Å². The lowest BCUT2D eigenvalue weighted by atomic mass is 10.1. The molecule has 2 aromatic rings. The molecule has 1 aromatic carbocycles. The Kier molecular flexibility index (Phi) is 2.29. The van der Waals surface area contributed by atoms with E-state index in [0.29, 0.717) is 23.2 Å². The van der Waals surface area contributed by atoms with Gasteiger partial charge in [0.05, 0.1) is 0 Å². The maximum atomic E-state index is 13.0. The van der Waals surface area contributed by atoms with Gasteiger partial charge in [-0.3, -0.25) is 4.79 Å². The van der Waals surface area contributed by atoms with Gasteiger partial charge in [-0.1, -0.05) is 0 Å². The Morgan fingerprint density at radius 2 is 2.27 bits per heavy atom. The van der Waals surface area contributed by atoms with Gasteiger partial charge in [-0.2, -0.15) is 5.10 Å². The fourth-order valence-corrected chi connectivity index (χ4v) is 1.36. The van der Waals surface area contributed by atoms with Crippen LogP contribution >= 0.6 is 0 Å². The predicted molar refractivity (Wildman–Crippen MR) is 51.8 cm³/mol. The zero-order chi connectivity index (χ0) is 10.8. The monoisotopic (exact) mass is 205 g/mol. The van der Waals surface area contributed by atoms with Crippen LogP contribution in [0.1, 0.15) is 10.4 Å². The number of halogens is 1. The minimum absolute atomic E-state index is 0.396. The summed E-state index contributed by atoms with van der Waals surface area (Å²) in [4.78, 5) is 14.7. The number of aryl methyl sites for hydroxylation is 1. The lowest BCUT2D eigenvalue weighted by Gasteiger charge is -2.03. The van der Waals surface area contributed by atoms with Crippen LogP contribution in [0, 0.1) is 5.82 Å². The van der Waals surface area contributed by atoms with Gasteiger partial charge in [0.25, 0.3) is 0 Å². The molecule has 76 valence electrons. The quantitative estimate of drug-likeness (QED) is 0.697. The first kappa shape index (κ1) is 9.51. The molecule has 0 aliphatic carbocycles. The van der Waals surface area contributed by atoms with Crippen LogP contribution in [0.4, 0.5) is 4.39 Å². The third-order valence-corrected chi connectivity index (χ3v) is 2.09. The lowest BCUT2D eigenvalue weighted by Crippen LogP contribution is -1.98. The van der Waals surface area contributed by atoms with Gasteiger partial charge in [-0.05, 0) is 18.2 Å². The van der Waals surface area contributed by atoms with Gasteiger partial charge in [0.2, 0.25) is 0 Å². The van der Waals surface area contributed by atoms with E-state index in [1.54, 1.807) is 7.05 Å². The standard InChI is InChI=1S/C10H8FN3O/c1-14-10(12-6-13-14)9-4-8(11)3-2-7(9)5-15/h2-6H,1H3. The molecule has 1 heterocycles. The van der Waals surface area contributed by atoms with Crippen molar-refractivity contribution in [1.29, 1.82) is 0 Å². The first-order valence-electron chi connectivity index (χ1n) is 4.31. The summed E-state index contributed by atoms with van der Waals surface area (Å²) in [6, 6.07) is 3.93. The summed E-state index contributed by atoms with van der Waals surface area (Å²) < 4.78 is 14.5. The Bertz CT molecular complexity index is 507. The van der Waals surface area contributed by atoms with Crippen molar-refractivity contribution in [3.63, 3.8) is 0 Å². The van der Waals surface area contributed by atoms with Crippen LogP contribution in [0.3, 0.4) is 0 Å². The molecule has 4 nitrogen and oxygen atoms in total. The van der Waals surface area contributed by atoms with Crippen LogP contribution in [0.15, 0.2) is 24.5 Å². The molecule has 0 unspecified atom stereocenters. The zero-order valence-electron chi connectivity index (χ0n) is 8.01. The van der Waals surface area contributed by atoms with Crippen molar-refractivity contribution in [3.05, 3.63) is 35.9 Å². The number of hydrogen-bond acceptors (Lipinski definition) is 3. The molecule has 0 bridgehead atoms. The van der Waals surface area contributed by atoms with Crippen LogP contribution in [0.2, 0.25) is 0 Å². The van der Waals surface area contributed by atoms with Crippen LogP contribution in [-0.2, 0) is 7.05 Å². The summed E-state index contributed by atoms with van der Waals surface area (Å²) in [7, 11) is 1.68. The zero-order valence-corrected chi connectivity index (χ0v) is 8.01. The van der Waals surface area contributed by atoms with Crippen LogP contribution in [0.25, 0.3) is 11.4 Å². The number of aromatic nitrogens is 3. The van der Waals surface area contributed by atoms with E-state index in [2.05, 4.69) is 10.1 Å². The Morgan fingerprint density at radius 1 is 1.47 bits per heavy atom. The van der Waals surface area contributed by atoms with Crippen molar-refractivity contribution >= 4 is 6.29 Å². The molecule has 0 fully saturated rings. The molecule has 0 saturated carbocycles. The fourth-order valence-electron chi connectivity index (χ4n) is 1.36. The van der Waals surface area contributed by atoms with Gasteiger partial charge < -0.3 is 0 Å². The SMILES string of the molecule is Cn1ncnc1-c1cc(F)ccc1C=O. The highest BCUT2D eigenvalue weighted by Gasteiger charge is 2.10. The van der Waals surface area contributed by atoms with Crippen molar-refractivity contribution in [2.75, 3.05) is 0 Å². The highest BCUT2D eigenvalue weighted by atomic mass is 19.1. The van der Waals surface area contributed by atoms with Crippen molar-refractivity contribution in [2.24, 2.45) is 7.05 Å². The van der Waals surface area contributed by atoms with E-state index in [4.69, 9.17) is 0 Å². The molecule has 15 heavy (non-hydrogen) atoms. The molecule has 0 amide bonds. The van der Waals surface area contributed by atoms with Crippen LogP contribution in [-0.4, -0.2) is 21.1 Å². The van der Waals surface area contributed by atoms with Crippen molar-refractivity contribution in [3.8, 4) is 11.4 Å². The van der Waals surface area contributed by atoms with Crippen molar-refractivity contribution in [1.82, 2.24) is 14.8 Å². The Labute approximate surface area is 85.4 Å². The molecule has 0 saturated heterocycles. The summed E-state index contributed by atoms with van der Waals surface area (Å²) in [5.41, 5.74) is 0.845. The first-order chi connectivity index (χ1) is 7.22. The van der Waals surface area contributed by atoms with Gasteiger partial charge in [0.1, 0.15) is 12.1 Å². The third kappa shape index (κ3) is 1.63. The summed E-state index contributed by atoms with van der Waals surface area (Å²) in [6.45, 7) is 0. The Hall–Kier alpha value is -2.04. The number of rotatable bonds is 2. The third-order valence-electron chi connectivity index (χ3n) is 2.09. The summed E-state index contributed by atoms with van der Waals surface area (Å²) in [6.07, 6.45) is 2.03. The number of aldehydes is 1. The summed E-state index contributed by atoms with van der Waals surface area (Å²) in [5, 5.41) is 3.87. The highest BCUT2D eigenvalue weighted by molar-refractivity contribution is 5.85. The van der Waals surface area contributed by atoms with Gasteiger partial charge in [-0.15, -0.1) is 0 Å². The topological polar surface area (TPSA) is 47.8 Å². The normalized spacial score (nSPS) is 10.3. The molecule has 0 spiro atoms. The molecule has 5 heteroatoms. The predicted octanol–water partition coefficient (Wildman–Crippen LogP) is 1.43. The first-order valence-corrected chi connectivity index (χ1v) is 4.31. The molecular weight excluding hydrogens is 197 g/mol. The number of benzene rings is 1. The summed E-state index contributed by atoms with van der Waals surface area (Å²) >= 11 is 0. The maximum Gasteiger partial charge on any atom is 0.158 e. The minimum atomic E-state index is -0.404. The van der Waals surface area contributed by atoms with Gasteiger partial charge in [-0.25, -0.2) is 14.1 Å². The lowest BCUT2D eigenvalue weighted by molar-refractivity contribution is 0.112. The largest absolute Gasteiger partial charge is 0.298 e. The van der Waals surface area contributed by atoms with Gasteiger partial charge in [0.15, 0.2) is 12.1 Å². The fraction of sp³-hybridized carbons (Fsp3) is 0.100. The summed E-state index contributed by atoms with van der Waals surface area (Å²) in [5.74, 6) is 0.0650. The number of hydrogen-bond donors (Lipinski definition) is 0. The Balaban J connectivity index is 2.65. The average Bonchev–Trinajstić information content (AvgIpc) is 2.64. The molecule has 0 aliphatic rings. The molecule has 0 aliphatic heterocycles. The van der Waals surface area contributed by atoms with E-state index in [-0.39, 0.29) is 0 Å². The number of carbonyl (C=O) groups excluding carboxylic acids is 1. The molecule has 0 N–H and O–H groups in total. The van der Waals surface area contributed by atoms with Gasteiger partial charge in [0, 0.05) is 18.2 Å². The van der Waals surface area contributed by atoms with Gasteiger partial charge >= 0.3 is 0 Å². The second-order valence-electron chi connectivity index (χ2n) is 3.06. The van der Waals surface area contributed by atoms with E-state index in [1.807, 2.05) is 0 Å². The highest BCUT2D eigenvalue weighted by Crippen LogP contribution is 2.20. The second-order valence-corrected chi connectivity index (χ2v) is 3.06. The number of carbonyl (C=O) groups is 1. The molecule has 1 aromatic heterocycles. The van der Waals surface area contributed by atoms with E-state index in [0.717, 1.165) is 0 Å². The molecular formula is C10H8FN3O. The van der Waals surface area contributed by atoms with E-state index in [9.17, 15) is 9.18 Å². The van der Waals surface area contributed by atoms with E-state index >= 15 is 0 Å². The smallest absolute Gasteiger partial charge is 0.158 e. The second kappa shape index (κ2) is 3.61. The van der Waals surface area contributed by atoms with Crippen LogP contribution in [0.5, 0.6) is 0 Å². The number of nitrogens with zero attached hydrogens (tertiary/aromatic N) is 3. The molecule has 2 rings (SSSR count). The Morgan fingerprint density at radius 3 is 2.87 bits per heavy atom.